The Bertz CT molecular complexity index is 293. The first-order valence-corrected chi connectivity index (χ1v) is 5.15. The Kier molecular flexibility index (Phi) is 2.84. The van der Waals surface area contributed by atoms with Crippen LogP contribution in [0.3, 0.4) is 0 Å². The molecule has 1 heterocycles. The van der Waals surface area contributed by atoms with Crippen molar-refractivity contribution in [3.8, 4) is 0 Å². The Hall–Kier alpha value is -0.870. The maximum absolute atomic E-state index is 9.79. The van der Waals surface area contributed by atoms with Gasteiger partial charge in [-0.3, -0.25) is 4.68 Å². The fourth-order valence-corrected chi connectivity index (χ4v) is 1.62. The van der Waals surface area contributed by atoms with Crippen LogP contribution >= 0.6 is 0 Å². The first-order valence-electron chi connectivity index (χ1n) is 5.15. The highest BCUT2D eigenvalue weighted by Crippen LogP contribution is 2.19. The zero-order valence-electron chi connectivity index (χ0n) is 8.48. The fourth-order valence-electron chi connectivity index (χ4n) is 1.62. The van der Waals surface area contributed by atoms with Crippen LogP contribution < -0.4 is 5.32 Å². The third kappa shape index (κ3) is 2.13. The van der Waals surface area contributed by atoms with Crippen molar-refractivity contribution in [2.75, 3.05) is 6.54 Å². The van der Waals surface area contributed by atoms with Crippen molar-refractivity contribution in [1.29, 1.82) is 0 Å². The highest BCUT2D eigenvalue weighted by molar-refractivity contribution is 5.08. The second-order valence-electron chi connectivity index (χ2n) is 4.00. The molecule has 0 bridgehead atoms. The molecule has 1 unspecified atom stereocenters. The van der Waals surface area contributed by atoms with Gasteiger partial charge in [0.15, 0.2) is 0 Å². The van der Waals surface area contributed by atoms with Crippen molar-refractivity contribution in [2.45, 2.75) is 31.4 Å². The lowest BCUT2D eigenvalue weighted by Gasteiger charge is -2.27. The van der Waals surface area contributed by atoms with Gasteiger partial charge in [-0.1, -0.05) is 6.42 Å². The summed E-state index contributed by atoms with van der Waals surface area (Å²) in [5.41, 5.74) is 0.888. The SMILES string of the molecule is Cn1cc(C(O)CNC2CCC2)cn1. The van der Waals surface area contributed by atoms with Gasteiger partial charge in [-0.15, -0.1) is 0 Å². The maximum atomic E-state index is 9.79. The quantitative estimate of drug-likeness (QED) is 0.739. The van der Waals surface area contributed by atoms with Crippen LogP contribution in [0.2, 0.25) is 0 Å². The summed E-state index contributed by atoms with van der Waals surface area (Å²) >= 11 is 0. The number of hydrogen-bond acceptors (Lipinski definition) is 3. The molecule has 78 valence electrons. The van der Waals surface area contributed by atoms with Gasteiger partial charge >= 0.3 is 0 Å². The summed E-state index contributed by atoms with van der Waals surface area (Å²) in [5.74, 6) is 0. The minimum Gasteiger partial charge on any atom is -0.387 e. The third-order valence-corrected chi connectivity index (χ3v) is 2.81. The van der Waals surface area contributed by atoms with Gasteiger partial charge in [0.2, 0.25) is 0 Å². The maximum Gasteiger partial charge on any atom is 0.0944 e. The van der Waals surface area contributed by atoms with Crippen LogP contribution in [0.1, 0.15) is 30.9 Å². The standard InChI is InChI=1S/C10H17N3O/c1-13-7-8(5-12-13)10(14)6-11-9-3-2-4-9/h5,7,9-11,14H,2-4,6H2,1H3. The predicted molar refractivity (Wildman–Crippen MR) is 53.8 cm³/mol. The molecule has 0 aliphatic heterocycles. The Morgan fingerprint density at radius 3 is 3.00 bits per heavy atom. The molecule has 0 radical (unpaired) electrons. The first-order chi connectivity index (χ1) is 6.75. The molecule has 0 aromatic carbocycles. The van der Waals surface area contributed by atoms with E-state index in [0.717, 1.165) is 5.56 Å². The molecular formula is C10H17N3O. The monoisotopic (exact) mass is 195 g/mol. The second kappa shape index (κ2) is 4.11. The van der Waals surface area contributed by atoms with Gasteiger partial charge in [-0.2, -0.15) is 5.10 Å². The van der Waals surface area contributed by atoms with Crippen LogP contribution in [0.15, 0.2) is 12.4 Å². The smallest absolute Gasteiger partial charge is 0.0944 e. The van der Waals surface area contributed by atoms with Gasteiger partial charge in [-0.05, 0) is 12.8 Å². The Morgan fingerprint density at radius 2 is 2.50 bits per heavy atom. The first kappa shape index (κ1) is 9.68. The number of aliphatic hydroxyl groups excluding tert-OH is 1. The number of aliphatic hydroxyl groups is 1. The lowest BCUT2D eigenvalue weighted by molar-refractivity contribution is 0.161. The molecule has 14 heavy (non-hydrogen) atoms. The van der Waals surface area contributed by atoms with Gasteiger partial charge < -0.3 is 10.4 Å². The molecule has 2 rings (SSSR count). The highest BCUT2D eigenvalue weighted by atomic mass is 16.3. The average Bonchev–Trinajstić information content (AvgIpc) is 2.49. The molecule has 0 amide bonds. The van der Waals surface area contributed by atoms with Gasteiger partial charge in [0, 0.05) is 31.4 Å². The molecule has 4 nitrogen and oxygen atoms in total. The van der Waals surface area contributed by atoms with E-state index in [0.29, 0.717) is 12.6 Å². The summed E-state index contributed by atoms with van der Waals surface area (Å²) in [6, 6.07) is 0.626. The molecule has 1 aliphatic carbocycles. The number of nitrogens with zero attached hydrogens (tertiary/aromatic N) is 2. The van der Waals surface area contributed by atoms with Gasteiger partial charge in [-0.25, -0.2) is 0 Å². The van der Waals surface area contributed by atoms with E-state index in [-0.39, 0.29) is 0 Å². The molecule has 1 aliphatic rings. The molecular weight excluding hydrogens is 178 g/mol. The van der Waals surface area contributed by atoms with E-state index in [9.17, 15) is 5.11 Å². The summed E-state index contributed by atoms with van der Waals surface area (Å²) in [4.78, 5) is 0. The molecule has 0 saturated heterocycles. The normalized spacial score (nSPS) is 19.3. The van der Waals surface area contributed by atoms with Gasteiger partial charge in [0.25, 0.3) is 0 Å². The van der Waals surface area contributed by atoms with E-state index in [1.165, 1.54) is 19.3 Å². The van der Waals surface area contributed by atoms with Gasteiger partial charge in [0.1, 0.15) is 0 Å². The number of hydrogen-bond donors (Lipinski definition) is 2. The number of aromatic nitrogens is 2. The zero-order chi connectivity index (χ0) is 9.97. The zero-order valence-corrected chi connectivity index (χ0v) is 8.48. The van der Waals surface area contributed by atoms with Crippen LogP contribution in [0.5, 0.6) is 0 Å². The molecule has 1 aromatic heterocycles. The summed E-state index contributed by atoms with van der Waals surface area (Å²) in [6.07, 6.45) is 6.96. The molecule has 1 saturated carbocycles. The molecule has 1 aromatic rings. The van der Waals surface area contributed by atoms with Crippen molar-refractivity contribution in [1.82, 2.24) is 15.1 Å². The minimum atomic E-state index is -0.427. The Morgan fingerprint density at radius 1 is 1.71 bits per heavy atom. The molecule has 4 heteroatoms. The van der Waals surface area contributed by atoms with Crippen LogP contribution in [0.25, 0.3) is 0 Å². The van der Waals surface area contributed by atoms with Crippen LogP contribution in [-0.2, 0) is 7.05 Å². The molecule has 0 spiro atoms. The van der Waals surface area contributed by atoms with E-state index in [4.69, 9.17) is 0 Å². The lowest BCUT2D eigenvalue weighted by atomic mass is 9.93. The van der Waals surface area contributed by atoms with E-state index in [1.807, 2.05) is 13.2 Å². The summed E-state index contributed by atoms with van der Waals surface area (Å²) in [6.45, 7) is 0.635. The largest absolute Gasteiger partial charge is 0.387 e. The minimum absolute atomic E-state index is 0.427. The van der Waals surface area contributed by atoms with E-state index >= 15 is 0 Å². The van der Waals surface area contributed by atoms with E-state index in [1.54, 1.807) is 10.9 Å². The van der Waals surface area contributed by atoms with Crippen molar-refractivity contribution in [2.24, 2.45) is 7.05 Å². The van der Waals surface area contributed by atoms with Crippen molar-refractivity contribution >= 4 is 0 Å². The van der Waals surface area contributed by atoms with Crippen LogP contribution in [0.4, 0.5) is 0 Å². The van der Waals surface area contributed by atoms with E-state index in [2.05, 4.69) is 10.4 Å². The average molecular weight is 195 g/mol. The second-order valence-corrected chi connectivity index (χ2v) is 4.00. The molecule has 1 fully saturated rings. The predicted octanol–water partition coefficient (Wildman–Crippen LogP) is 0.596. The Labute approximate surface area is 83.9 Å². The number of nitrogens with one attached hydrogen (secondary N) is 1. The van der Waals surface area contributed by atoms with Gasteiger partial charge in [0.05, 0.1) is 12.3 Å². The summed E-state index contributed by atoms with van der Waals surface area (Å²) in [7, 11) is 1.86. The third-order valence-electron chi connectivity index (χ3n) is 2.81. The fraction of sp³-hybridized carbons (Fsp3) is 0.700. The number of rotatable bonds is 4. The molecule has 2 N–H and O–H groups in total. The van der Waals surface area contributed by atoms with Crippen molar-refractivity contribution in [3.05, 3.63) is 18.0 Å². The van der Waals surface area contributed by atoms with Crippen molar-refractivity contribution in [3.63, 3.8) is 0 Å². The Balaban J connectivity index is 1.79. The summed E-state index contributed by atoms with van der Waals surface area (Å²) < 4.78 is 1.71. The highest BCUT2D eigenvalue weighted by Gasteiger charge is 2.18. The topological polar surface area (TPSA) is 50.1 Å². The molecule has 1 atom stereocenters. The van der Waals surface area contributed by atoms with Crippen LogP contribution in [0, 0.1) is 0 Å². The lowest BCUT2D eigenvalue weighted by Crippen LogP contribution is -2.37. The van der Waals surface area contributed by atoms with Crippen LogP contribution in [-0.4, -0.2) is 27.5 Å². The van der Waals surface area contributed by atoms with E-state index < -0.39 is 6.10 Å². The number of aryl methyl sites for hydroxylation is 1. The van der Waals surface area contributed by atoms with Crippen molar-refractivity contribution < 1.29 is 5.11 Å². The summed E-state index contributed by atoms with van der Waals surface area (Å²) in [5, 5.41) is 17.2.